The molecule has 3 fully saturated rings. The van der Waals surface area contributed by atoms with E-state index in [-0.39, 0.29) is 43.0 Å². The van der Waals surface area contributed by atoms with Crippen LogP contribution in [-0.2, 0) is 33.4 Å². The summed E-state index contributed by atoms with van der Waals surface area (Å²) in [5.41, 5.74) is -1.66. The maximum atomic E-state index is 13.7. The number of hydrogen-bond acceptors (Lipinski definition) is 8. The first-order valence-corrected chi connectivity index (χ1v) is 13.0. The van der Waals surface area contributed by atoms with E-state index in [1.165, 1.54) is 7.11 Å². The van der Waals surface area contributed by atoms with Crippen LogP contribution in [0.15, 0.2) is 23.8 Å². The summed E-state index contributed by atoms with van der Waals surface area (Å²) >= 11 is 0. The molecule has 4 aliphatic rings. The number of aliphatic hydroxyl groups excluding tert-OH is 1. The lowest BCUT2D eigenvalue weighted by Gasteiger charge is -2.59. The van der Waals surface area contributed by atoms with Crippen molar-refractivity contribution < 1.29 is 38.5 Å². The molecule has 0 saturated heterocycles. The lowest BCUT2D eigenvalue weighted by atomic mass is 9.46. The largest absolute Gasteiger partial charge is 0.456 e. The predicted molar refractivity (Wildman–Crippen MR) is 130 cm³/mol. The number of aliphatic hydroxyl groups is 1. The van der Waals surface area contributed by atoms with Crippen molar-refractivity contribution in [2.24, 2.45) is 28.6 Å². The molecule has 4 rings (SSSR count). The van der Waals surface area contributed by atoms with Gasteiger partial charge in [0.25, 0.3) is 0 Å². The number of rotatable bonds is 8. The molecule has 1 N–H and O–H groups in total. The topological polar surface area (TPSA) is 116 Å². The number of esters is 2. The molecule has 7 atom stereocenters. The highest BCUT2D eigenvalue weighted by Crippen LogP contribution is 2.67. The zero-order chi connectivity index (χ0) is 26.3. The maximum Gasteiger partial charge on any atom is 0.332 e. The molecular weight excluding hydrogens is 464 g/mol. The summed E-state index contributed by atoms with van der Waals surface area (Å²) in [4.78, 5) is 50.5. The SMILES string of the molecule is CCCC(=O)O[C@]1(C(=O)COC(=O)COC)CC[C@H]2[C@@H]3CCC4=CC(=O)C=C[C@]4(C)[C@H]3[C@@H](O)C[C@@]21C. The monoisotopic (exact) mass is 502 g/mol. The summed E-state index contributed by atoms with van der Waals surface area (Å²) in [6.45, 7) is 5.12. The quantitative estimate of drug-likeness (QED) is 0.504. The van der Waals surface area contributed by atoms with Gasteiger partial charge in [-0.05, 0) is 62.5 Å². The molecule has 0 spiro atoms. The first-order chi connectivity index (χ1) is 17.0. The Morgan fingerprint density at radius 3 is 2.58 bits per heavy atom. The normalized spacial score (nSPS) is 38.9. The van der Waals surface area contributed by atoms with Gasteiger partial charge in [-0.2, -0.15) is 0 Å². The van der Waals surface area contributed by atoms with Gasteiger partial charge in [0, 0.05) is 30.3 Å². The third-order valence-electron chi connectivity index (χ3n) is 9.43. The standard InChI is InChI=1S/C28H38O8/c1-5-6-23(32)36-28(22(31)15-35-24(33)16-34-4)12-10-20-19-8-7-17-13-18(29)9-11-26(17,2)25(19)21(30)14-27(20,28)3/h9,11,13,19-21,25,30H,5-8,10,12,14-16H2,1-4H3/t19-,20-,21-,25+,26-,27-,28-/m0/s1. The molecule has 8 heteroatoms. The number of fused-ring (bicyclic) bond motifs is 5. The van der Waals surface area contributed by atoms with Gasteiger partial charge in [0.15, 0.2) is 18.0 Å². The molecule has 8 nitrogen and oxygen atoms in total. The molecule has 0 aromatic heterocycles. The second-order valence-electron chi connectivity index (χ2n) is 11.3. The van der Waals surface area contributed by atoms with Crippen molar-refractivity contribution in [2.75, 3.05) is 20.3 Å². The molecule has 0 heterocycles. The van der Waals surface area contributed by atoms with Gasteiger partial charge in [-0.1, -0.05) is 32.4 Å². The summed E-state index contributed by atoms with van der Waals surface area (Å²) in [6, 6.07) is 0. The molecule has 0 bridgehead atoms. The minimum Gasteiger partial charge on any atom is -0.456 e. The van der Waals surface area contributed by atoms with Crippen LogP contribution >= 0.6 is 0 Å². The smallest absolute Gasteiger partial charge is 0.332 e. The number of carbonyl (C=O) groups excluding carboxylic acids is 4. The second kappa shape index (κ2) is 9.86. The third-order valence-corrected chi connectivity index (χ3v) is 9.43. The first kappa shape index (κ1) is 26.7. The zero-order valence-corrected chi connectivity index (χ0v) is 21.7. The van der Waals surface area contributed by atoms with Crippen molar-refractivity contribution in [3.8, 4) is 0 Å². The Labute approximate surface area is 212 Å². The fourth-order valence-electron chi connectivity index (χ4n) is 7.87. The fourth-order valence-corrected chi connectivity index (χ4v) is 7.87. The van der Waals surface area contributed by atoms with Crippen LogP contribution in [0.1, 0.15) is 65.7 Å². The van der Waals surface area contributed by atoms with Crippen molar-refractivity contribution in [2.45, 2.75) is 77.4 Å². The maximum absolute atomic E-state index is 13.7. The number of ketones is 2. The lowest BCUT2D eigenvalue weighted by Crippen LogP contribution is -2.63. The zero-order valence-electron chi connectivity index (χ0n) is 21.7. The Morgan fingerprint density at radius 2 is 1.89 bits per heavy atom. The van der Waals surface area contributed by atoms with Crippen molar-refractivity contribution in [3.05, 3.63) is 23.8 Å². The molecular formula is C28H38O8. The highest BCUT2D eigenvalue weighted by molar-refractivity contribution is 6.01. The molecule has 3 saturated carbocycles. The van der Waals surface area contributed by atoms with Crippen LogP contribution in [0.5, 0.6) is 0 Å². The summed E-state index contributed by atoms with van der Waals surface area (Å²) in [5, 5.41) is 11.6. The predicted octanol–water partition coefficient (Wildman–Crippen LogP) is 3.11. The van der Waals surface area contributed by atoms with Crippen LogP contribution in [0.3, 0.4) is 0 Å². The van der Waals surface area contributed by atoms with E-state index in [4.69, 9.17) is 14.2 Å². The van der Waals surface area contributed by atoms with Gasteiger partial charge in [-0.25, -0.2) is 4.79 Å². The molecule has 0 amide bonds. The summed E-state index contributed by atoms with van der Waals surface area (Å²) in [7, 11) is 1.36. The van der Waals surface area contributed by atoms with Gasteiger partial charge in [0.2, 0.25) is 5.78 Å². The van der Waals surface area contributed by atoms with E-state index in [0.717, 1.165) is 18.4 Å². The number of hydrogen-bond donors (Lipinski definition) is 1. The van der Waals surface area contributed by atoms with Gasteiger partial charge in [0.1, 0.15) is 6.61 Å². The van der Waals surface area contributed by atoms with Gasteiger partial charge >= 0.3 is 11.9 Å². The Hall–Kier alpha value is -2.32. The van der Waals surface area contributed by atoms with E-state index >= 15 is 0 Å². The Bertz CT molecular complexity index is 998. The highest BCUT2D eigenvalue weighted by atomic mass is 16.6. The van der Waals surface area contributed by atoms with E-state index in [0.29, 0.717) is 19.3 Å². The van der Waals surface area contributed by atoms with E-state index in [2.05, 4.69) is 6.92 Å². The molecule has 36 heavy (non-hydrogen) atoms. The number of methoxy groups -OCH3 is 1. The van der Waals surface area contributed by atoms with E-state index in [1.54, 1.807) is 12.2 Å². The molecule has 0 aliphatic heterocycles. The van der Waals surface area contributed by atoms with E-state index < -0.39 is 46.9 Å². The van der Waals surface area contributed by atoms with Gasteiger partial charge in [-0.3, -0.25) is 14.4 Å². The van der Waals surface area contributed by atoms with Crippen LogP contribution in [0, 0.1) is 28.6 Å². The second-order valence-corrected chi connectivity index (χ2v) is 11.3. The van der Waals surface area contributed by atoms with Crippen LogP contribution in [0.4, 0.5) is 0 Å². The molecule has 0 radical (unpaired) electrons. The van der Waals surface area contributed by atoms with E-state index in [9.17, 15) is 24.3 Å². The number of allylic oxidation sites excluding steroid dienone is 4. The van der Waals surface area contributed by atoms with E-state index in [1.807, 2.05) is 19.9 Å². The van der Waals surface area contributed by atoms with Gasteiger partial charge < -0.3 is 19.3 Å². The average molecular weight is 503 g/mol. The molecule has 198 valence electrons. The summed E-state index contributed by atoms with van der Waals surface area (Å²) in [6.07, 6.45) is 8.06. The number of carbonyl (C=O) groups is 4. The van der Waals surface area contributed by atoms with Crippen LogP contribution in [-0.4, -0.2) is 60.6 Å². The Kier molecular flexibility index (Phi) is 7.32. The molecule has 0 aromatic rings. The Balaban J connectivity index is 1.68. The molecule has 0 aromatic carbocycles. The van der Waals surface area contributed by atoms with Gasteiger partial charge in [-0.15, -0.1) is 0 Å². The van der Waals surface area contributed by atoms with Gasteiger partial charge in [0.05, 0.1) is 6.10 Å². The molecule has 4 aliphatic carbocycles. The lowest BCUT2D eigenvalue weighted by molar-refractivity contribution is -0.201. The van der Waals surface area contributed by atoms with Crippen molar-refractivity contribution in [3.63, 3.8) is 0 Å². The number of ether oxygens (including phenoxy) is 3. The fraction of sp³-hybridized carbons (Fsp3) is 0.714. The number of Topliss-reactive ketones (excluding diaryl/α,β-unsaturated/α-hetero) is 1. The van der Waals surface area contributed by atoms with Crippen LogP contribution in [0.2, 0.25) is 0 Å². The average Bonchev–Trinajstić information content (AvgIpc) is 3.10. The van der Waals surface area contributed by atoms with Crippen molar-refractivity contribution in [1.29, 1.82) is 0 Å². The third kappa shape index (κ3) is 4.16. The first-order valence-electron chi connectivity index (χ1n) is 13.0. The van der Waals surface area contributed by atoms with Crippen molar-refractivity contribution >= 4 is 23.5 Å². The van der Waals surface area contributed by atoms with Crippen LogP contribution < -0.4 is 0 Å². The van der Waals surface area contributed by atoms with Crippen molar-refractivity contribution in [1.82, 2.24) is 0 Å². The highest BCUT2D eigenvalue weighted by Gasteiger charge is 2.70. The summed E-state index contributed by atoms with van der Waals surface area (Å²) < 4.78 is 16.0. The molecule has 0 unspecified atom stereocenters. The van der Waals surface area contributed by atoms with Crippen LogP contribution in [0.25, 0.3) is 0 Å². The minimum absolute atomic E-state index is 0.0209. The summed E-state index contributed by atoms with van der Waals surface area (Å²) in [5.74, 6) is -1.57. The Morgan fingerprint density at radius 1 is 1.14 bits per heavy atom. The minimum atomic E-state index is -1.47.